The van der Waals surface area contributed by atoms with Crippen LogP contribution in [0.1, 0.15) is 5.56 Å². The summed E-state index contributed by atoms with van der Waals surface area (Å²) in [4.78, 5) is 3.46. The predicted molar refractivity (Wildman–Crippen MR) is 98.7 cm³/mol. The molecule has 1 heterocycles. The van der Waals surface area contributed by atoms with Gasteiger partial charge in [-0.3, -0.25) is 0 Å². The Labute approximate surface area is 133 Å². The molecule has 0 aliphatic carbocycles. The first kappa shape index (κ1) is 13.7. The smallest absolute Gasteiger partial charge is 0.129 e. The third-order valence-electron chi connectivity index (χ3n) is 3.14. The monoisotopic (exact) mass is 389 g/mol. The van der Waals surface area contributed by atoms with Gasteiger partial charge in [0.25, 0.3) is 0 Å². The Morgan fingerprint density at radius 3 is 2.30 bits per heavy atom. The largest absolute Gasteiger partial charge is 0.355 e. The van der Waals surface area contributed by atoms with Crippen molar-refractivity contribution in [3.8, 4) is 11.5 Å². The first-order chi connectivity index (χ1) is 9.42. The van der Waals surface area contributed by atoms with Gasteiger partial charge < -0.3 is 4.98 Å². The van der Waals surface area contributed by atoms with Crippen molar-refractivity contribution in [1.82, 2.24) is 4.98 Å². The minimum Gasteiger partial charge on any atom is -0.355 e. The van der Waals surface area contributed by atoms with Gasteiger partial charge in [0.2, 0.25) is 0 Å². The molecule has 3 rings (SSSR count). The quantitative estimate of drug-likeness (QED) is 0.311. The Bertz CT molecular complexity index is 859. The van der Waals surface area contributed by atoms with E-state index in [0.29, 0.717) is 0 Å². The van der Waals surface area contributed by atoms with Crippen molar-refractivity contribution in [3.63, 3.8) is 0 Å². The highest BCUT2D eigenvalue weighted by Crippen LogP contribution is 2.27. The van der Waals surface area contributed by atoms with Gasteiger partial charge in [-0.1, -0.05) is 25.6 Å². The lowest BCUT2D eigenvalue weighted by Gasteiger charge is -2.03. The van der Waals surface area contributed by atoms with Crippen LogP contribution in [0, 0.1) is 15.0 Å². The van der Waals surface area contributed by atoms with E-state index in [1.807, 2.05) is 0 Å². The summed E-state index contributed by atoms with van der Waals surface area (Å²) in [6.45, 7) is 6.81. The fourth-order valence-electron chi connectivity index (χ4n) is 2.21. The predicted octanol–water partition coefficient (Wildman–Crippen LogP) is 5.15. The molecule has 0 aliphatic heterocycles. The standard InChI is InChI=1S/C17H16INSi/c1-20(2,3)9-8-12-4-6-16-14(10-12)15-11-13(18)5-7-17(15)19-16/h4-7,10-11,19H,1-3H3. The van der Waals surface area contributed by atoms with E-state index in [1.54, 1.807) is 0 Å². The molecule has 0 aliphatic rings. The molecule has 1 nitrogen and oxygen atoms in total. The molecule has 0 atom stereocenters. The van der Waals surface area contributed by atoms with Crippen LogP contribution in [0.2, 0.25) is 19.6 Å². The second kappa shape index (κ2) is 4.94. The average Bonchev–Trinajstić information content (AvgIpc) is 2.73. The number of fused-ring (bicyclic) bond motifs is 3. The number of aromatic nitrogens is 1. The van der Waals surface area contributed by atoms with Crippen molar-refractivity contribution in [3.05, 3.63) is 45.5 Å². The van der Waals surface area contributed by atoms with Crippen molar-refractivity contribution >= 4 is 52.5 Å². The van der Waals surface area contributed by atoms with Gasteiger partial charge in [0.15, 0.2) is 0 Å². The zero-order chi connectivity index (χ0) is 14.3. The van der Waals surface area contributed by atoms with Gasteiger partial charge in [0.1, 0.15) is 8.07 Å². The number of rotatable bonds is 0. The highest BCUT2D eigenvalue weighted by Gasteiger charge is 2.08. The maximum absolute atomic E-state index is 3.46. The zero-order valence-electron chi connectivity index (χ0n) is 11.8. The van der Waals surface area contributed by atoms with Crippen molar-refractivity contribution in [2.75, 3.05) is 0 Å². The van der Waals surface area contributed by atoms with Crippen LogP contribution in [0.25, 0.3) is 21.8 Å². The molecular weight excluding hydrogens is 373 g/mol. The van der Waals surface area contributed by atoms with E-state index in [9.17, 15) is 0 Å². The molecule has 100 valence electrons. The molecule has 0 saturated carbocycles. The summed E-state index contributed by atoms with van der Waals surface area (Å²) in [5.41, 5.74) is 6.91. The van der Waals surface area contributed by atoms with Crippen LogP contribution in [0.15, 0.2) is 36.4 Å². The molecule has 1 N–H and O–H groups in total. The first-order valence-electron chi connectivity index (χ1n) is 6.67. The summed E-state index contributed by atoms with van der Waals surface area (Å²) in [7, 11) is -1.32. The fourth-order valence-corrected chi connectivity index (χ4v) is 3.22. The normalized spacial score (nSPS) is 11.6. The minimum absolute atomic E-state index is 1.11. The van der Waals surface area contributed by atoms with Crippen LogP contribution in [0.4, 0.5) is 0 Å². The van der Waals surface area contributed by atoms with Gasteiger partial charge in [-0.05, 0) is 59.0 Å². The van der Waals surface area contributed by atoms with Crippen molar-refractivity contribution in [2.24, 2.45) is 0 Å². The van der Waals surface area contributed by atoms with Crippen LogP contribution in [0.3, 0.4) is 0 Å². The van der Waals surface area contributed by atoms with Gasteiger partial charge in [0.05, 0.1) is 0 Å². The molecule has 3 heteroatoms. The zero-order valence-corrected chi connectivity index (χ0v) is 15.0. The number of aromatic amines is 1. The van der Waals surface area contributed by atoms with Crippen LogP contribution in [0.5, 0.6) is 0 Å². The van der Waals surface area contributed by atoms with E-state index >= 15 is 0 Å². The van der Waals surface area contributed by atoms with Crippen LogP contribution >= 0.6 is 22.6 Å². The lowest BCUT2D eigenvalue weighted by Crippen LogP contribution is -2.16. The minimum atomic E-state index is -1.32. The van der Waals surface area contributed by atoms with E-state index in [-0.39, 0.29) is 0 Å². The second-order valence-electron chi connectivity index (χ2n) is 6.08. The summed E-state index contributed by atoms with van der Waals surface area (Å²) in [5.74, 6) is 3.34. The number of nitrogens with one attached hydrogen (secondary N) is 1. The second-order valence-corrected chi connectivity index (χ2v) is 12.1. The number of H-pyrrole nitrogens is 1. The molecule has 3 aromatic rings. The van der Waals surface area contributed by atoms with Crippen molar-refractivity contribution < 1.29 is 0 Å². The lowest BCUT2D eigenvalue weighted by atomic mass is 10.1. The molecule has 0 saturated heterocycles. The number of halogens is 1. The molecule has 20 heavy (non-hydrogen) atoms. The lowest BCUT2D eigenvalue weighted by molar-refractivity contribution is 1.54. The van der Waals surface area contributed by atoms with Gasteiger partial charge in [-0.2, -0.15) is 0 Å². The SMILES string of the molecule is C[Si](C)(C)C#Cc1ccc2[nH]c3ccc(I)cc3c2c1. The number of benzene rings is 2. The summed E-state index contributed by atoms with van der Waals surface area (Å²) in [6, 6.07) is 12.9. The van der Waals surface area contributed by atoms with Gasteiger partial charge in [-0.25, -0.2) is 0 Å². The van der Waals surface area contributed by atoms with Crippen molar-refractivity contribution in [2.45, 2.75) is 19.6 Å². The van der Waals surface area contributed by atoms with Crippen molar-refractivity contribution in [1.29, 1.82) is 0 Å². The number of hydrogen-bond donors (Lipinski definition) is 1. The summed E-state index contributed by atoms with van der Waals surface area (Å²) in [6.07, 6.45) is 0. The molecule has 0 spiro atoms. The summed E-state index contributed by atoms with van der Waals surface area (Å²) >= 11 is 2.36. The topological polar surface area (TPSA) is 15.8 Å². The van der Waals surface area contributed by atoms with E-state index in [1.165, 1.54) is 25.4 Å². The molecule has 0 amide bonds. The van der Waals surface area contributed by atoms with E-state index in [0.717, 1.165) is 5.56 Å². The molecule has 1 aromatic heterocycles. The van der Waals surface area contributed by atoms with Crippen LogP contribution in [-0.4, -0.2) is 13.1 Å². The highest BCUT2D eigenvalue weighted by molar-refractivity contribution is 14.1. The summed E-state index contributed by atoms with van der Waals surface area (Å²) in [5, 5.41) is 2.55. The number of hydrogen-bond acceptors (Lipinski definition) is 0. The maximum Gasteiger partial charge on any atom is 0.129 e. The Kier molecular flexibility index (Phi) is 3.39. The average molecular weight is 389 g/mol. The van der Waals surface area contributed by atoms with E-state index in [2.05, 4.69) is 95.1 Å². The summed E-state index contributed by atoms with van der Waals surface area (Å²) < 4.78 is 1.26. The third kappa shape index (κ3) is 2.77. The Balaban J connectivity index is 2.21. The van der Waals surface area contributed by atoms with Crippen LogP contribution in [-0.2, 0) is 0 Å². The highest BCUT2D eigenvalue weighted by atomic mass is 127. The van der Waals surface area contributed by atoms with Gasteiger partial charge in [-0.15, -0.1) is 5.54 Å². The molecule has 0 unspecified atom stereocenters. The Morgan fingerprint density at radius 2 is 1.60 bits per heavy atom. The Hall–Kier alpha value is -1.25. The molecule has 0 radical (unpaired) electrons. The van der Waals surface area contributed by atoms with Gasteiger partial charge in [0, 0.05) is 30.9 Å². The fraction of sp³-hybridized carbons (Fsp3) is 0.176. The molecule has 2 aromatic carbocycles. The van der Waals surface area contributed by atoms with Gasteiger partial charge >= 0.3 is 0 Å². The molecule has 0 bridgehead atoms. The maximum atomic E-state index is 3.46. The molecule has 0 fully saturated rings. The van der Waals surface area contributed by atoms with E-state index in [4.69, 9.17) is 0 Å². The Morgan fingerprint density at radius 1 is 0.950 bits per heavy atom. The van der Waals surface area contributed by atoms with E-state index < -0.39 is 8.07 Å². The third-order valence-corrected chi connectivity index (χ3v) is 4.69. The first-order valence-corrected chi connectivity index (χ1v) is 11.2. The van der Waals surface area contributed by atoms with Crippen LogP contribution < -0.4 is 0 Å². The molecular formula is C17H16INSi.